The van der Waals surface area contributed by atoms with Gasteiger partial charge in [0, 0.05) is 18.7 Å². The van der Waals surface area contributed by atoms with Crippen molar-refractivity contribution in [3.05, 3.63) is 24.0 Å². The smallest absolute Gasteiger partial charge is 0.112 e. The fraction of sp³-hybridized carbons (Fsp3) is 0.533. The van der Waals surface area contributed by atoms with E-state index in [2.05, 4.69) is 32.3 Å². The Kier molecular flexibility index (Phi) is 3.54. The molecule has 1 aromatic heterocycles. The van der Waals surface area contributed by atoms with Gasteiger partial charge in [0.1, 0.15) is 5.82 Å². The molecule has 0 aliphatic carbocycles. The van der Waals surface area contributed by atoms with Crippen molar-refractivity contribution in [1.82, 2.24) is 9.55 Å². The fourth-order valence-electron chi connectivity index (χ4n) is 2.22. The highest BCUT2D eigenvalue weighted by atomic mass is 16.5. The van der Waals surface area contributed by atoms with E-state index in [-0.39, 0.29) is 5.60 Å². The van der Waals surface area contributed by atoms with Crippen LogP contribution < -0.4 is 5.73 Å². The van der Waals surface area contributed by atoms with Crippen molar-refractivity contribution >= 4 is 16.7 Å². The summed E-state index contributed by atoms with van der Waals surface area (Å²) in [5.41, 5.74) is 8.43. The zero-order valence-corrected chi connectivity index (χ0v) is 12.4. The van der Waals surface area contributed by atoms with Crippen molar-refractivity contribution in [2.75, 3.05) is 12.8 Å². The second-order valence-electron chi connectivity index (χ2n) is 5.92. The molecule has 2 rings (SSSR count). The summed E-state index contributed by atoms with van der Waals surface area (Å²) in [4.78, 5) is 4.72. The number of rotatable bonds is 4. The predicted molar refractivity (Wildman–Crippen MR) is 79.3 cm³/mol. The third-order valence-corrected chi connectivity index (χ3v) is 3.41. The van der Waals surface area contributed by atoms with Crippen molar-refractivity contribution in [2.24, 2.45) is 0 Å². The van der Waals surface area contributed by atoms with E-state index in [4.69, 9.17) is 15.5 Å². The van der Waals surface area contributed by atoms with Crippen molar-refractivity contribution in [3.8, 4) is 0 Å². The largest absolute Gasteiger partial charge is 0.399 e. The lowest BCUT2D eigenvalue weighted by Gasteiger charge is -2.25. The molecule has 4 nitrogen and oxygen atoms in total. The molecular formula is C15H23N3O. The first kappa shape index (κ1) is 13.9. The molecule has 0 bridgehead atoms. The standard InChI is InChI=1S/C15H23N3O/c1-10(2)14-17-12-8-11(16)6-7-13(12)18(14)9-15(3,4)19-5/h6-8,10H,9,16H2,1-5H3. The molecule has 4 heteroatoms. The Balaban J connectivity index is 2.59. The normalized spacial score (nSPS) is 12.5. The van der Waals surface area contributed by atoms with Crippen molar-refractivity contribution < 1.29 is 4.74 Å². The van der Waals surface area contributed by atoms with Crippen LogP contribution in [-0.2, 0) is 11.3 Å². The van der Waals surface area contributed by atoms with Crippen LogP contribution in [0.15, 0.2) is 18.2 Å². The van der Waals surface area contributed by atoms with Crippen molar-refractivity contribution in [2.45, 2.75) is 45.8 Å². The average Bonchev–Trinajstić information content (AvgIpc) is 2.67. The molecule has 0 atom stereocenters. The number of nitrogens with two attached hydrogens (primary N) is 1. The Hall–Kier alpha value is -1.55. The summed E-state index contributed by atoms with van der Waals surface area (Å²) in [5, 5.41) is 0. The summed E-state index contributed by atoms with van der Waals surface area (Å²) < 4.78 is 7.78. The van der Waals surface area contributed by atoms with Gasteiger partial charge in [-0.3, -0.25) is 0 Å². The number of nitrogen functional groups attached to an aromatic ring is 1. The number of hydrogen-bond acceptors (Lipinski definition) is 3. The molecule has 104 valence electrons. The molecule has 2 N–H and O–H groups in total. The monoisotopic (exact) mass is 261 g/mol. The van der Waals surface area contributed by atoms with Gasteiger partial charge in [-0.05, 0) is 32.0 Å². The molecule has 1 heterocycles. The van der Waals surface area contributed by atoms with Gasteiger partial charge in [-0.25, -0.2) is 4.98 Å². The lowest BCUT2D eigenvalue weighted by molar-refractivity contribution is 0.00830. The SMILES string of the molecule is COC(C)(C)Cn1c(C(C)C)nc2cc(N)ccc21. The second kappa shape index (κ2) is 4.85. The first-order chi connectivity index (χ1) is 8.84. The van der Waals surface area contributed by atoms with Crippen LogP contribution in [0.4, 0.5) is 5.69 Å². The minimum absolute atomic E-state index is 0.224. The summed E-state index contributed by atoms with van der Waals surface area (Å²) in [5.74, 6) is 1.44. The highest BCUT2D eigenvalue weighted by Crippen LogP contribution is 2.26. The number of hydrogen-bond donors (Lipinski definition) is 1. The number of fused-ring (bicyclic) bond motifs is 1. The van der Waals surface area contributed by atoms with E-state index in [0.717, 1.165) is 29.1 Å². The van der Waals surface area contributed by atoms with E-state index in [1.54, 1.807) is 7.11 Å². The third-order valence-electron chi connectivity index (χ3n) is 3.41. The van der Waals surface area contributed by atoms with Crippen LogP contribution in [0.1, 0.15) is 39.4 Å². The number of benzene rings is 1. The molecule has 2 aromatic rings. The number of ether oxygens (including phenoxy) is 1. The van der Waals surface area contributed by atoms with Gasteiger partial charge in [-0.15, -0.1) is 0 Å². The lowest BCUT2D eigenvalue weighted by atomic mass is 10.1. The summed E-state index contributed by atoms with van der Waals surface area (Å²) in [6, 6.07) is 5.89. The fourth-order valence-corrected chi connectivity index (χ4v) is 2.22. The molecule has 0 aliphatic rings. The van der Waals surface area contributed by atoms with Crippen LogP contribution in [0.5, 0.6) is 0 Å². The quantitative estimate of drug-likeness (QED) is 0.860. The third kappa shape index (κ3) is 2.73. The van der Waals surface area contributed by atoms with Crippen LogP contribution in [0.25, 0.3) is 11.0 Å². The molecule has 0 saturated heterocycles. The molecule has 0 amide bonds. The van der Waals surface area contributed by atoms with Crippen molar-refractivity contribution in [1.29, 1.82) is 0 Å². The zero-order chi connectivity index (χ0) is 14.2. The number of methoxy groups -OCH3 is 1. The number of aromatic nitrogens is 2. The molecular weight excluding hydrogens is 238 g/mol. The first-order valence-electron chi connectivity index (χ1n) is 6.65. The van der Waals surface area contributed by atoms with Crippen LogP contribution in [0.3, 0.4) is 0 Å². The number of imidazole rings is 1. The van der Waals surface area contributed by atoms with E-state index < -0.39 is 0 Å². The van der Waals surface area contributed by atoms with Gasteiger partial charge in [-0.2, -0.15) is 0 Å². The van der Waals surface area contributed by atoms with Crippen LogP contribution in [-0.4, -0.2) is 22.3 Å². The Morgan fingerprint density at radius 3 is 2.63 bits per heavy atom. The minimum Gasteiger partial charge on any atom is -0.399 e. The molecule has 0 spiro atoms. The molecule has 0 saturated carbocycles. The molecule has 0 radical (unpaired) electrons. The van der Waals surface area contributed by atoms with E-state index in [9.17, 15) is 0 Å². The van der Waals surface area contributed by atoms with Gasteiger partial charge in [-0.1, -0.05) is 13.8 Å². The summed E-state index contributed by atoms with van der Waals surface area (Å²) in [6.07, 6.45) is 0. The Labute approximate surface area is 114 Å². The van der Waals surface area contributed by atoms with Gasteiger partial charge in [0.2, 0.25) is 0 Å². The predicted octanol–water partition coefficient (Wildman–Crippen LogP) is 3.17. The Morgan fingerprint density at radius 2 is 2.05 bits per heavy atom. The zero-order valence-electron chi connectivity index (χ0n) is 12.4. The maximum absolute atomic E-state index is 5.84. The summed E-state index contributed by atoms with van der Waals surface area (Å²) >= 11 is 0. The molecule has 0 fully saturated rings. The highest BCUT2D eigenvalue weighted by Gasteiger charge is 2.22. The minimum atomic E-state index is -0.224. The average molecular weight is 261 g/mol. The Morgan fingerprint density at radius 1 is 1.37 bits per heavy atom. The van der Waals surface area contributed by atoms with E-state index >= 15 is 0 Å². The summed E-state index contributed by atoms with van der Waals surface area (Å²) in [6.45, 7) is 9.25. The van der Waals surface area contributed by atoms with Gasteiger partial charge in [0.25, 0.3) is 0 Å². The van der Waals surface area contributed by atoms with Gasteiger partial charge >= 0.3 is 0 Å². The molecule has 0 unspecified atom stereocenters. The van der Waals surface area contributed by atoms with E-state index in [0.29, 0.717) is 5.92 Å². The van der Waals surface area contributed by atoms with Crippen LogP contribution in [0, 0.1) is 0 Å². The second-order valence-corrected chi connectivity index (χ2v) is 5.92. The summed E-state index contributed by atoms with van der Waals surface area (Å²) in [7, 11) is 1.74. The topological polar surface area (TPSA) is 53.1 Å². The van der Waals surface area contributed by atoms with Gasteiger partial charge in [0.15, 0.2) is 0 Å². The molecule has 1 aromatic carbocycles. The van der Waals surface area contributed by atoms with Crippen LogP contribution >= 0.6 is 0 Å². The van der Waals surface area contributed by atoms with Crippen LogP contribution in [0.2, 0.25) is 0 Å². The maximum atomic E-state index is 5.84. The number of nitrogens with zero attached hydrogens (tertiary/aromatic N) is 2. The molecule has 19 heavy (non-hydrogen) atoms. The van der Waals surface area contributed by atoms with E-state index in [1.807, 2.05) is 18.2 Å². The lowest BCUT2D eigenvalue weighted by Crippen LogP contribution is -2.30. The highest BCUT2D eigenvalue weighted by molar-refractivity contribution is 5.79. The first-order valence-corrected chi connectivity index (χ1v) is 6.65. The molecule has 0 aliphatic heterocycles. The van der Waals surface area contributed by atoms with E-state index in [1.165, 1.54) is 0 Å². The van der Waals surface area contributed by atoms with Crippen molar-refractivity contribution in [3.63, 3.8) is 0 Å². The maximum Gasteiger partial charge on any atom is 0.112 e. The van der Waals surface area contributed by atoms with Gasteiger partial charge in [0.05, 0.1) is 23.2 Å². The number of anilines is 1. The van der Waals surface area contributed by atoms with Gasteiger partial charge < -0.3 is 15.0 Å². The Bertz CT molecular complexity index is 584.